The van der Waals surface area contributed by atoms with Crippen molar-refractivity contribution in [3.63, 3.8) is 0 Å². The summed E-state index contributed by atoms with van der Waals surface area (Å²) in [6.45, 7) is 2.97. The maximum Gasteiger partial charge on any atom is 0.258 e. The summed E-state index contributed by atoms with van der Waals surface area (Å²) in [6.07, 6.45) is 2.16. The predicted octanol–water partition coefficient (Wildman–Crippen LogP) is 3.60. The van der Waals surface area contributed by atoms with E-state index < -0.39 is 0 Å². The molecule has 2 aromatic carbocycles. The van der Waals surface area contributed by atoms with Crippen LogP contribution in [0.2, 0.25) is 0 Å². The summed E-state index contributed by atoms with van der Waals surface area (Å²) in [6, 6.07) is 12.1. The fourth-order valence-corrected chi connectivity index (χ4v) is 2.52. The Bertz CT molecular complexity index is 583. The molecule has 0 N–H and O–H groups in total. The van der Waals surface area contributed by atoms with E-state index in [0.29, 0.717) is 0 Å². The molecule has 1 amide bonds. The van der Waals surface area contributed by atoms with E-state index >= 15 is 0 Å². The average Bonchev–Trinajstić information content (AvgIpc) is 2.64. The number of nitrogens with zero attached hydrogens (tertiary/aromatic N) is 1. The minimum absolute atomic E-state index is 0.158. The molecular weight excluding hydrogens is 210 g/mol. The number of amides is 1. The van der Waals surface area contributed by atoms with Gasteiger partial charge in [-0.05, 0) is 23.9 Å². The Labute approximate surface area is 101 Å². The number of carbonyl (C=O) groups is 1. The molecule has 1 aliphatic heterocycles. The Hall–Kier alpha value is -1.83. The van der Waals surface area contributed by atoms with Gasteiger partial charge in [0.1, 0.15) is 0 Å². The zero-order chi connectivity index (χ0) is 11.8. The van der Waals surface area contributed by atoms with E-state index in [1.54, 1.807) is 0 Å². The average molecular weight is 225 g/mol. The third-order valence-corrected chi connectivity index (χ3v) is 3.38. The highest BCUT2D eigenvalue weighted by Gasteiger charge is 2.28. The molecule has 0 fully saturated rings. The van der Waals surface area contributed by atoms with Crippen molar-refractivity contribution >= 4 is 22.4 Å². The zero-order valence-corrected chi connectivity index (χ0v) is 9.94. The smallest absolute Gasteiger partial charge is 0.258 e. The molecule has 17 heavy (non-hydrogen) atoms. The Morgan fingerprint density at radius 1 is 1.12 bits per heavy atom. The third-order valence-electron chi connectivity index (χ3n) is 3.38. The van der Waals surface area contributed by atoms with Crippen LogP contribution in [0, 0.1) is 0 Å². The molecule has 0 aliphatic carbocycles. The highest BCUT2D eigenvalue weighted by atomic mass is 16.2. The summed E-state index contributed by atoms with van der Waals surface area (Å²) in [5, 5.41) is 2.28. The van der Waals surface area contributed by atoms with E-state index in [2.05, 4.69) is 19.1 Å². The first kappa shape index (κ1) is 10.3. The van der Waals surface area contributed by atoms with Crippen molar-refractivity contribution in [2.75, 3.05) is 11.4 Å². The van der Waals surface area contributed by atoms with Gasteiger partial charge in [0, 0.05) is 17.5 Å². The van der Waals surface area contributed by atoms with E-state index in [9.17, 15) is 4.79 Å². The van der Waals surface area contributed by atoms with E-state index in [4.69, 9.17) is 0 Å². The van der Waals surface area contributed by atoms with Crippen LogP contribution < -0.4 is 4.90 Å². The number of carbonyl (C=O) groups excluding carboxylic acids is 1. The van der Waals surface area contributed by atoms with Crippen molar-refractivity contribution in [1.82, 2.24) is 0 Å². The van der Waals surface area contributed by atoms with E-state index in [-0.39, 0.29) is 5.91 Å². The Balaban J connectivity index is 2.17. The van der Waals surface area contributed by atoms with Gasteiger partial charge in [0.2, 0.25) is 0 Å². The lowest BCUT2D eigenvalue weighted by molar-refractivity contribution is 0.0993. The van der Waals surface area contributed by atoms with Gasteiger partial charge >= 0.3 is 0 Å². The standard InChI is InChI=1S/C15H15NO/c1-2-3-10-16-13-9-5-7-11-6-4-8-12(14(11)13)15(16)17/h4-9H,2-3,10H2,1H3. The third kappa shape index (κ3) is 1.44. The van der Waals surface area contributed by atoms with Gasteiger partial charge in [0.15, 0.2) is 0 Å². The number of hydrogen-bond acceptors (Lipinski definition) is 1. The summed E-state index contributed by atoms with van der Waals surface area (Å²) in [5.41, 5.74) is 1.94. The molecule has 0 spiro atoms. The first-order valence-electron chi connectivity index (χ1n) is 6.16. The molecule has 0 atom stereocenters. The Morgan fingerprint density at radius 3 is 2.65 bits per heavy atom. The lowest BCUT2D eigenvalue weighted by Gasteiger charge is -2.16. The molecule has 2 heteroatoms. The molecule has 1 heterocycles. The maximum atomic E-state index is 12.3. The van der Waals surface area contributed by atoms with Crippen LogP contribution in [0.25, 0.3) is 10.8 Å². The zero-order valence-electron chi connectivity index (χ0n) is 9.94. The lowest BCUT2D eigenvalue weighted by Crippen LogP contribution is -2.27. The van der Waals surface area contributed by atoms with Crippen molar-refractivity contribution in [1.29, 1.82) is 0 Å². The molecule has 0 aromatic heterocycles. The summed E-state index contributed by atoms with van der Waals surface area (Å²) in [7, 11) is 0. The van der Waals surface area contributed by atoms with E-state index in [0.717, 1.165) is 41.4 Å². The molecule has 2 nitrogen and oxygen atoms in total. The molecule has 0 saturated carbocycles. The van der Waals surface area contributed by atoms with E-state index in [1.165, 1.54) is 0 Å². The SMILES string of the molecule is CCCCN1C(=O)c2cccc3cccc1c23. The largest absolute Gasteiger partial charge is 0.308 e. The molecule has 0 radical (unpaired) electrons. The van der Waals surface area contributed by atoms with Crippen LogP contribution in [0.5, 0.6) is 0 Å². The van der Waals surface area contributed by atoms with Crippen LogP contribution in [0.3, 0.4) is 0 Å². The number of benzene rings is 2. The molecule has 0 saturated heterocycles. The quantitative estimate of drug-likeness (QED) is 0.781. The van der Waals surface area contributed by atoms with Crippen molar-refractivity contribution in [2.24, 2.45) is 0 Å². The van der Waals surface area contributed by atoms with Crippen LogP contribution in [-0.2, 0) is 0 Å². The number of anilines is 1. The topological polar surface area (TPSA) is 20.3 Å². The number of unbranched alkanes of at least 4 members (excludes halogenated alkanes) is 1. The van der Waals surface area contributed by atoms with Gasteiger partial charge in [-0.1, -0.05) is 37.6 Å². The highest BCUT2D eigenvalue weighted by Crippen LogP contribution is 2.37. The second kappa shape index (κ2) is 3.88. The van der Waals surface area contributed by atoms with Crippen LogP contribution in [0.1, 0.15) is 30.1 Å². The molecule has 0 unspecified atom stereocenters. The summed E-state index contributed by atoms with van der Waals surface area (Å²) in [4.78, 5) is 14.2. The van der Waals surface area contributed by atoms with Gasteiger partial charge < -0.3 is 4.90 Å². The Kier molecular flexibility index (Phi) is 2.36. The van der Waals surface area contributed by atoms with Crippen LogP contribution in [0.15, 0.2) is 36.4 Å². The molecular formula is C15H15NO. The molecule has 86 valence electrons. The monoisotopic (exact) mass is 225 g/mol. The van der Waals surface area contributed by atoms with Crippen LogP contribution in [0.4, 0.5) is 5.69 Å². The van der Waals surface area contributed by atoms with Crippen molar-refractivity contribution in [2.45, 2.75) is 19.8 Å². The second-order valence-electron chi connectivity index (χ2n) is 4.49. The lowest BCUT2D eigenvalue weighted by atomic mass is 10.1. The first-order valence-corrected chi connectivity index (χ1v) is 6.16. The fourth-order valence-electron chi connectivity index (χ4n) is 2.52. The molecule has 3 rings (SSSR count). The first-order chi connectivity index (χ1) is 8.33. The van der Waals surface area contributed by atoms with Crippen molar-refractivity contribution in [3.05, 3.63) is 42.0 Å². The van der Waals surface area contributed by atoms with Gasteiger partial charge in [-0.15, -0.1) is 0 Å². The van der Waals surface area contributed by atoms with Crippen molar-refractivity contribution in [3.8, 4) is 0 Å². The minimum atomic E-state index is 0.158. The predicted molar refractivity (Wildman–Crippen MR) is 70.5 cm³/mol. The summed E-state index contributed by atoms with van der Waals surface area (Å²) >= 11 is 0. The molecule has 0 bridgehead atoms. The van der Waals surface area contributed by atoms with Gasteiger partial charge in [-0.2, -0.15) is 0 Å². The van der Waals surface area contributed by atoms with Crippen LogP contribution in [-0.4, -0.2) is 12.5 Å². The molecule has 2 aromatic rings. The molecule has 1 aliphatic rings. The van der Waals surface area contributed by atoms with Crippen molar-refractivity contribution < 1.29 is 4.79 Å². The van der Waals surface area contributed by atoms with Gasteiger partial charge in [-0.3, -0.25) is 4.79 Å². The highest BCUT2D eigenvalue weighted by molar-refractivity contribution is 6.24. The normalized spacial score (nSPS) is 13.7. The van der Waals surface area contributed by atoms with E-state index in [1.807, 2.05) is 29.2 Å². The number of rotatable bonds is 3. The second-order valence-corrected chi connectivity index (χ2v) is 4.49. The summed E-state index contributed by atoms with van der Waals surface area (Å²) < 4.78 is 0. The van der Waals surface area contributed by atoms with Gasteiger partial charge in [0.25, 0.3) is 5.91 Å². The van der Waals surface area contributed by atoms with Gasteiger partial charge in [-0.25, -0.2) is 0 Å². The Morgan fingerprint density at radius 2 is 1.88 bits per heavy atom. The fraction of sp³-hybridized carbons (Fsp3) is 0.267. The summed E-state index contributed by atoms with van der Waals surface area (Å²) in [5.74, 6) is 0.158. The minimum Gasteiger partial charge on any atom is -0.308 e. The van der Waals surface area contributed by atoms with Gasteiger partial charge in [0.05, 0.1) is 5.69 Å². The van der Waals surface area contributed by atoms with Crippen LogP contribution >= 0.6 is 0 Å². The maximum absolute atomic E-state index is 12.3. The number of hydrogen-bond donors (Lipinski definition) is 0.